The molecular weight excluding hydrogens is 508 g/mol. The lowest BCUT2D eigenvalue weighted by molar-refractivity contribution is -0.119. The molecule has 2 aliphatic rings. The maximum Gasteiger partial charge on any atom is 0.227 e. The van der Waals surface area contributed by atoms with E-state index in [1.165, 1.54) is 0 Å². The molecule has 4 heterocycles. The normalized spacial score (nSPS) is 15.2. The van der Waals surface area contributed by atoms with Gasteiger partial charge >= 0.3 is 0 Å². The van der Waals surface area contributed by atoms with Crippen LogP contribution in [0.3, 0.4) is 0 Å². The van der Waals surface area contributed by atoms with Gasteiger partial charge < -0.3 is 20.3 Å². The summed E-state index contributed by atoms with van der Waals surface area (Å²) >= 11 is 0. The second-order valence-electron chi connectivity index (χ2n) is 10.0. The Kier molecular flexibility index (Phi) is 6.85. The van der Waals surface area contributed by atoms with Crippen molar-refractivity contribution in [3.8, 4) is 17.1 Å². The number of ketones is 1. The van der Waals surface area contributed by atoms with Gasteiger partial charge in [0.15, 0.2) is 17.4 Å². The molecule has 1 aliphatic carbocycles. The summed E-state index contributed by atoms with van der Waals surface area (Å²) in [6.07, 6.45) is 9.19. The zero-order valence-electron chi connectivity index (χ0n) is 22.4. The number of piperidine rings is 1. The lowest BCUT2D eigenvalue weighted by Gasteiger charge is -2.26. The summed E-state index contributed by atoms with van der Waals surface area (Å²) in [5.41, 5.74) is 3.30. The predicted molar refractivity (Wildman–Crippen MR) is 151 cm³/mol. The molecule has 2 N–H and O–H groups in total. The van der Waals surface area contributed by atoms with Crippen LogP contribution in [-0.4, -0.2) is 50.1 Å². The first kappa shape index (κ1) is 25.5. The zero-order chi connectivity index (χ0) is 27.6. The van der Waals surface area contributed by atoms with Crippen molar-refractivity contribution in [1.29, 1.82) is 0 Å². The molecule has 1 saturated carbocycles. The number of aromatic nitrogens is 5. The number of nitrogens with one attached hydrogen (secondary N) is 2. The summed E-state index contributed by atoms with van der Waals surface area (Å²) in [6.45, 7) is 0.710. The van der Waals surface area contributed by atoms with Crippen molar-refractivity contribution in [3.05, 3.63) is 60.7 Å². The molecule has 2 fully saturated rings. The molecule has 6 rings (SSSR count). The van der Waals surface area contributed by atoms with Gasteiger partial charge in [0.05, 0.1) is 41.5 Å². The van der Waals surface area contributed by atoms with Crippen LogP contribution in [0.5, 0.6) is 5.75 Å². The van der Waals surface area contributed by atoms with Crippen LogP contribution in [0.1, 0.15) is 42.5 Å². The summed E-state index contributed by atoms with van der Waals surface area (Å²) in [5, 5.41) is 11.0. The van der Waals surface area contributed by atoms with Gasteiger partial charge in [-0.25, -0.2) is 15.0 Å². The topological polar surface area (TPSA) is 127 Å². The van der Waals surface area contributed by atoms with E-state index in [-0.39, 0.29) is 17.6 Å². The Morgan fingerprint density at radius 3 is 2.55 bits per heavy atom. The molecule has 1 aliphatic heterocycles. The highest BCUT2D eigenvalue weighted by atomic mass is 16.5. The van der Waals surface area contributed by atoms with Crippen molar-refractivity contribution >= 4 is 40.4 Å². The molecule has 204 valence electrons. The van der Waals surface area contributed by atoms with Crippen LogP contribution in [0.15, 0.2) is 55.1 Å². The van der Waals surface area contributed by atoms with Crippen molar-refractivity contribution in [2.75, 3.05) is 29.2 Å². The van der Waals surface area contributed by atoms with E-state index >= 15 is 0 Å². The van der Waals surface area contributed by atoms with Crippen LogP contribution in [-0.2, 0) is 11.8 Å². The van der Waals surface area contributed by atoms with Gasteiger partial charge in [0, 0.05) is 38.2 Å². The van der Waals surface area contributed by atoms with Gasteiger partial charge in [0.1, 0.15) is 18.0 Å². The molecule has 1 saturated heterocycles. The van der Waals surface area contributed by atoms with Gasteiger partial charge in [-0.2, -0.15) is 5.10 Å². The molecule has 11 heteroatoms. The van der Waals surface area contributed by atoms with E-state index < -0.39 is 0 Å². The molecule has 1 aromatic carbocycles. The number of hydrogen-bond acceptors (Lipinski definition) is 9. The van der Waals surface area contributed by atoms with Gasteiger partial charge in [-0.05, 0) is 49.9 Å². The first-order valence-electron chi connectivity index (χ1n) is 13.4. The second kappa shape index (κ2) is 10.8. The molecule has 4 aromatic rings. The Morgan fingerprint density at radius 1 is 1.00 bits per heavy atom. The zero-order valence-corrected chi connectivity index (χ0v) is 22.4. The molecular formula is C29H30N8O3. The van der Waals surface area contributed by atoms with Gasteiger partial charge in [-0.15, -0.1) is 0 Å². The van der Waals surface area contributed by atoms with Gasteiger partial charge in [0.25, 0.3) is 0 Å². The number of methoxy groups -OCH3 is 1. The Bertz CT molecular complexity index is 1560. The molecule has 0 spiro atoms. The molecule has 0 radical (unpaired) electrons. The minimum absolute atomic E-state index is 0.0267. The largest absolute Gasteiger partial charge is 0.494 e. The highest BCUT2D eigenvalue weighted by Crippen LogP contribution is 2.39. The number of Topliss-reactive ketones (excluding diaryl/α,β-unsaturated/α-hetero) is 1. The van der Waals surface area contributed by atoms with Gasteiger partial charge in [0.2, 0.25) is 5.91 Å². The van der Waals surface area contributed by atoms with E-state index in [0.29, 0.717) is 53.1 Å². The highest BCUT2D eigenvalue weighted by Gasteiger charge is 2.32. The van der Waals surface area contributed by atoms with Crippen LogP contribution < -0.4 is 20.3 Å². The fraction of sp³-hybridized carbons (Fsp3) is 0.310. The Labute approximate surface area is 231 Å². The number of para-hydroxylation sites is 1. The third-order valence-corrected chi connectivity index (χ3v) is 7.09. The van der Waals surface area contributed by atoms with Gasteiger partial charge in [-0.3, -0.25) is 14.3 Å². The molecule has 1 amide bonds. The molecule has 0 atom stereocenters. The third-order valence-electron chi connectivity index (χ3n) is 7.09. The predicted octanol–water partition coefficient (Wildman–Crippen LogP) is 4.88. The summed E-state index contributed by atoms with van der Waals surface area (Å²) < 4.78 is 7.39. The number of hydrogen-bond donors (Lipinski definition) is 2. The molecule has 0 unspecified atom stereocenters. The highest BCUT2D eigenvalue weighted by molar-refractivity contribution is 6.04. The number of nitrogens with zero attached hydrogens (tertiary/aromatic N) is 6. The fourth-order valence-corrected chi connectivity index (χ4v) is 4.86. The van der Waals surface area contributed by atoms with E-state index in [0.717, 1.165) is 36.9 Å². The van der Waals surface area contributed by atoms with Crippen molar-refractivity contribution in [3.63, 3.8) is 0 Å². The summed E-state index contributed by atoms with van der Waals surface area (Å²) in [7, 11) is 3.40. The van der Waals surface area contributed by atoms with Crippen LogP contribution >= 0.6 is 0 Å². The Morgan fingerprint density at radius 2 is 1.85 bits per heavy atom. The van der Waals surface area contributed by atoms with E-state index in [1.54, 1.807) is 41.5 Å². The summed E-state index contributed by atoms with van der Waals surface area (Å²) in [5.74, 6) is 2.42. The molecule has 0 bridgehead atoms. The fourth-order valence-electron chi connectivity index (χ4n) is 4.86. The van der Waals surface area contributed by atoms with Gasteiger partial charge in [-0.1, -0.05) is 6.07 Å². The van der Waals surface area contributed by atoms with Crippen molar-refractivity contribution < 1.29 is 14.3 Å². The average Bonchev–Trinajstić information content (AvgIpc) is 3.73. The maximum atomic E-state index is 13.1. The lowest BCUT2D eigenvalue weighted by atomic mass is 10.1. The van der Waals surface area contributed by atoms with Crippen molar-refractivity contribution in [2.45, 2.75) is 32.1 Å². The molecule has 11 nitrogen and oxygen atoms in total. The number of amides is 1. The SMILES string of the molecule is COc1c(Nc2cc(Nc3ccc(N4CCCCC4=O)cn3)ncc2C(=O)C2CC2)cccc1-c1ncn(C)n1. The number of benzene rings is 1. The number of pyridine rings is 2. The van der Waals surface area contributed by atoms with E-state index in [9.17, 15) is 9.59 Å². The number of rotatable bonds is 9. The monoisotopic (exact) mass is 538 g/mol. The lowest BCUT2D eigenvalue weighted by Crippen LogP contribution is -2.35. The maximum absolute atomic E-state index is 13.1. The van der Waals surface area contributed by atoms with Crippen LogP contribution in [0, 0.1) is 5.92 Å². The first-order valence-corrected chi connectivity index (χ1v) is 13.4. The summed E-state index contributed by atoms with van der Waals surface area (Å²) in [4.78, 5) is 40.6. The number of carbonyl (C=O) groups excluding carboxylic acids is 2. The van der Waals surface area contributed by atoms with Crippen LogP contribution in [0.25, 0.3) is 11.4 Å². The first-order chi connectivity index (χ1) is 19.5. The third kappa shape index (κ3) is 5.22. The molecule has 3 aromatic heterocycles. The van der Waals surface area contributed by atoms with Crippen molar-refractivity contribution in [1.82, 2.24) is 24.7 Å². The van der Waals surface area contributed by atoms with E-state index in [2.05, 4.69) is 30.7 Å². The second-order valence-corrected chi connectivity index (χ2v) is 10.0. The number of carbonyl (C=O) groups is 2. The average molecular weight is 539 g/mol. The summed E-state index contributed by atoms with van der Waals surface area (Å²) in [6, 6.07) is 11.2. The number of anilines is 5. The minimum atomic E-state index is 0.0267. The van der Waals surface area contributed by atoms with Crippen molar-refractivity contribution in [2.24, 2.45) is 13.0 Å². The number of aryl methyl sites for hydroxylation is 1. The standard InChI is InChI=1S/C29H30N8O3/c1-36-17-32-29(35-36)20-6-5-7-22(28(20)40-2)33-23-14-25(31-16-21(23)27(39)18-9-10-18)34-24-12-11-19(15-30-24)37-13-4-3-8-26(37)38/h5-7,11-12,14-18H,3-4,8-10,13H2,1-2H3,(H2,30,31,33,34). The van der Waals surface area contributed by atoms with Crippen LogP contribution in [0.4, 0.5) is 28.7 Å². The van der Waals surface area contributed by atoms with E-state index in [4.69, 9.17) is 4.74 Å². The Hall–Kier alpha value is -4.80. The quantitative estimate of drug-likeness (QED) is 0.287. The number of ether oxygens (including phenoxy) is 1. The van der Waals surface area contributed by atoms with E-state index in [1.807, 2.05) is 37.4 Å². The van der Waals surface area contributed by atoms with Crippen LogP contribution in [0.2, 0.25) is 0 Å². The minimum Gasteiger partial charge on any atom is -0.494 e. The Balaban J connectivity index is 1.29. The molecule has 40 heavy (non-hydrogen) atoms. The smallest absolute Gasteiger partial charge is 0.227 e.